The second-order valence-electron chi connectivity index (χ2n) is 7.04. The molecule has 0 amide bonds. The summed E-state index contributed by atoms with van der Waals surface area (Å²) in [6.45, 7) is 3.70. The number of benzene rings is 2. The molecule has 0 N–H and O–H groups in total. The van der Waals surface area contributed by atoms with E-state index in [1.807, 2.05) is 18.2 Å². The van der Waals surface area contributed by atoms with Gasteiger partial charge in [0.15, 0.2) is 0 Å². The van der Waals surface area contributed by atoms with Gasteiger partial charge in [-0.1, -0.05) is 42.5 Å². The van der Waals surface area contributed by atoms with Gasteiger partial charge in [-0.3, -0.25) is 0 Å². The lowest BCUT2D eigenvalue weighted by Crippen LogP contribution is -2.47. The van der Waals surface area contributed by atoms with Crippen LogP contribution in [0, 0.1) is 0 Å². The predicted octanol–water partition coefficient (Wildman–Crippen LogP) is 4.69. The fourth-order valence-corrected chi connectivity index (χ4v) is 4.89. The molecule has 0 saturated carbocycles. The second-order valence-corrected chi connectivity index (χ2v) is 8.07. The number of rotatable bonds is 4. The molecule has 4 aromatic rings. The highest BCUT2D eigenvalue weighted by Gasteiger charge is 2.22. The summed E-state index contributed by atoms with van der Waals surface area (Å²) in [7, 11) is 1.73. The summed E-state index contributed by atoms with van der Waals surface area (Å²) >= 11 is 1.73. The zero-order valence-electron chi connectivity index (χ0n) is 16.3. The Labute approximate surface area is 174 Å². The summed E-state index contributed by atoms with van der Waals surface area (Å²) in [4.78, 5) is 16.2. The van der Waals surface area contributed by atoms with E-state index in [1.54, 1.807) is 24.8 Å². The highest BCUT2D eigenvalue weighted by Crippen LogP contribution is 2.36. The van der Waals surface area contributed by atoms with Crippen molar-refractivity contribution >= 4 is 33.1 Å². The summed E-state index contributed by atoms with van der Waals surface area (Å²) in [5.74, 6) is 1.96. The fourth-order valence-electron chi connectivity index (χ4n) is 3.89. The lowest BCUT2D eigenvalue weighted by molar-refractivity contribution is 0.413. The van der Waals surface area contributed by atoms with Gasteiger partial charge < -0.3 is 14.5 Å². The number of nitrogens with zero attached hydrogens (tertiary/aromatic N) is 4. The van der Waals surface area contributed by atoms with Crippen molar-refractivity contribution in [1.29, 1.82) is 0 Å². The van der Waals surface area contributed by atoms with Crippen molar-refractivity contribution in [1.82, 2.24) is 9.97 Å². The molecule has 0 bridgehead atoms. The fraction of sp³-hybridized carbons (Fsp3) is 0.217. The maximum atomic E-state index is 5.54. The molecule has 0 spiro atoms. The minimum absolute atomic E-state index is 0.917. The van der Waals surface area contributed by atoms with Crippen molar-refractivity contribution in [2.45, 2.75) is 0 Å². The van der Waals surface area contributed by atoms with E-state index in [9.17, 15) is 0 Å². The van der Waals surface area contributed by atoms with Crippen LogP contribution in [0.2, 0.25) is 0 Å². The Morgan fingerprint density at radius 2 is 1.59 bits per heavy atom. The summed E-state index contributed by atoms with van der Waals surface area (Å²) in [5.41, 5.74) is 2.38. The van der Waals surface area contributed by atoms with Gasteiger partial charge in [-0.15, -0.1) is 11.3 Å². The molecule has 2 aromatic heterocycles. The second kappa shape index (κ2) is 7.72. The van der Waals surface area contributed by atoms with Crippen LogP contribution in [0.25, 0.3) is 20.7 Å². The van der Waals surface area contributed by atoms with E-state index in [0.29, 0.717) is 0 Å². The lowest BCUT2D eigenvalue weighted by Gasteiger charge is -2.37. The van der Waals surface area contributed by atoms with Gasteiger partial charge >= 0.3 is 0 Å². The number of piperazine rings is 1. The third-order valence-corrected chi connectivity index (χ3v) is 6.46. The molecule has 0 aliphatic carbocycles. The van der Waals surface area contributed by atoms with Crippen LogP contribution in [0.3, 0.4) is 0 Å². The highest BCUT2D eigenvalue weighted by molar-refractivity contribution is 7.21. The molecule has 1 aliphatic rings. The summed E-state index contributed by atoms with van der Waals surface area (Å²) in [5, 5.41) is 1.14. The van der Waals surface area contributed by atoms with Crippen LogP contribution < -0.4 is 14.5 Å². The van der Waals surface area contributed by atoms with Crippen molar-refractivity contribution < 1.29 is 4.74 Å². The number of fused-ring (bicyclic) bond motifs is 1. The van der Waals surface area contributed by atoms with Crippen molar-refractivity contribution in [3.8, 4) is 16.2 Å². The molecule has 6 heteroatoms. The smallest absolute Gasteiger partial charge is 0.142 e. The van der Waals surface area contributed by atoms with Gasteiger partial charge in [0.25, 0.3) is 0 Å². The third-order valence-electron chi connectivity index (χ3n) is 5.37. The molecule has 29 heavy (non-hydrogen) atoms. The van der Waals surface area contributed by atoms with Crippen molar-refractivity contribution in [2.24, 2.45) is 0 Å². The number of para-hydroxylation sites is 2. The number of anilines is 2. The number of methoxy groups -OCH3 is 1. The van der Waals surface area contributed by atoms with Crippen LogP contribution in [-0.2, 0) is 0 Å². The zero-order chi connectivity index (χ0) is 19.6. The Balaban J connectivity index is 1.40. The number of thiophene rings is 1. The van der Waals surface area contributed by atoms with Crippen LogP contribution in [-0.4, -0.2) is 43.3 Å². The topological polar surface area (TPSA) is 41.5 Å². The van der Waals surface area contributed by atoms with E-state index in [1.165, 1.54) is 10.4 Å². The first-order chi connectivity index (χ1) is 14.3. The molecule has 3 heterocycles. The minimum Gasteiger partial charge on any atom is -0.495 e. The summed E-state index contributed by atoms with van der Waals surface area (Å²) in [6.07, 6.45) is 1.69. The first kappa shape index (κ1) is 17.9. The SMILES string of the molecule is COc1ccccc1N1CCN(c2ncnc3sc(-c4ccccc4)cc23)CC1. The van der Waals surface area contributed by atoms with Gasteiger partial charge in [0, 0.05) is 31.1 Å². The maximum absolute atomic E-state index is 5.54. The summed E-state index contributed by atoms with van der Waals surface area (Å²) in [6, 6.07) is 20.9. The predicted molar refractivity (Wildman–Crippen MR) is 120 cm³/mol. The van der Waals surface area contributed by atoms with Gasteiger partial charge in [0.1, 0.15) is 22.7 Å². The van der Waals surface area contributed by atoms with Gasteiger partial charge in [0.05, 0.1) is 18.2 Å². The molecule has 2 aromatic carbocycles. The molecule has 0 atom stereocenters. The Morgan fingerprint density at radius 1 is 0.862 bits per heavy atom. The first-order valence-corrected chi connectivity index (χ1v) is 10.6. The molecule has 1 aliphatic heterocycles. The van der Waals surface area contributed by atoms with Crippen molar-refractivity contribution in [3.63, 3.8) is 0 Å². The highest BCUT2D eigenvalue weighted by atomic mass is 32.1. The molecule has 5 rings (SSSR count). The molecular formula is C23H22N4OS. The molecule has 1 fully saturated rings. The lowest BCUT2D eigenvalue weighted by atomic mass is 10.2. The van der Waals surface area contributed by atoms with Gasteiger partial charge in [-0.25, -0.2) is 9.97 Å². The standard InChI is InChI=1S/C23H22N4OS/c1-28-20-10-6-5-9-19(20)26-11-13-27(14-12-26)22-18-15-21(17-7-3-2-4-8-17)29-23(18)25-16-24-22/h2-10,15-16H,11-14H2,1H3. The Hall–Kier alpha value is -3.12. The molecule has 1 saturated heterocycles. The Bertz CT molecular complexity index is 1120. The molecule has 0 radical (unpaired) electrons. The molecular weight excluding hydrogens is 380 g/mol. The monoisotopic (exact) mass is 402 g/mol. The van der Waals surface area contributed by atoms with Crippen LogP contribution in [0.1, 0.15) is 0 Å². The number of hydrogen-bond donors (Lipinski definition) is 0. The average Bonchev–Trinajstić information content (AvgIpc) is 3.24. The van der Waals surface area contributed by atoms with E-state index in [-0.39, 0.29) is 0 Å². The number of hydrogen-bond acceptors (Lipinski definition) is 6. The van der Waals surface area contributed by atoms with E-state index < -0.39 is 0 Å². The van der Waals surface area contributed by atoms with Crippen LogP contribution in [0.5, 0.6) is 5.75 Å². The largest absolute Gasteiger partial charge is 0.495 e. The minimum atomic E-state index is 0.917. The van der Waals surface area contributed by atoms with E-state index in [4.69, 9.17) is 4.74 Å². The van der Waals surface area contributed by atoms with Crippen molar-refractivity contribution in [2.75, 3.05) is 43.1 Å². The quantitative estimate of drug-likeness (QED) is 0.495. The van der Waals surface area contributed by atoms with Gasteiger partial charge in [-0.05, 0) is 23.8 Å². The Morgan fingerprint density at radius 3 is 2.38 bits per heavy atom. The van der Waals surface area contributed by atoms with Crippen LogP contribution in [0.15, 0.2) is 67.0 Å². The van der Waals surface area contributed by atoms with Crippen LogP contribution >= 0.6 is 11.3 Å². The van der Waals surface area contributed by atoms with E-state index in [0.717, 1.165) is 53.7 Å². The zero-order valence-corrected chi connectivity index (χ0v) is 17.1. The average molecular weight is 403 g/mol. The van der Waals surface area contributed by atoms with E-state index in [2.05, 4.69) is 62.2 Å². The maximum Gasteiger partial charge on any atom is 0.142 e. The first-order valence-electron chi connectivity index (χ1n) is 9.76. The normalized spacial score (nSPS) is 14.4. The van der Waals surface area contributed by atoms with E-state index >= 15 is 0 Å². The van der Waals surface area contributed by atoms with Crippen LogP contribution in [0.4, 0.5) is 11.5 Å². The molecule has 146 valence electrons. The molecule has 5 nitrogen and oxygen atoms in total. The van der Waals surface area contributed by atoms with Gasteiger partial charge in [0.2, 0.25) is 0 Å². The van der Waals surface area contributed by atoms with Crippen molar-refractivity contribution in [3.05, 3.63) is 67.0 Å². The Kier molecular flexibility index (Phi) is 4.77. The molecule has 0 unspecified atom stereocenters. The summed E-state index contributed by atoms with van der Waals surface area (Å²) < 4.78 is 5.54. The van der Waals surface area contributed by atoms with Gasteiger partial charge in [-0.2, -0.15) is 0 Å². The number of aromatic nitrogens is 2. The number of ether oxygens (including phenoxy) is 1. The third kappa shape index (κ3) is 3.40.